The van der Waals surface area contributed by atoms with Gasteiger partial charge in [-0.1, -0.05) is 32.0 Å². The summed E-state index contributed by atoms with van der Waals surface area (Å²) in [6, 6.07) is 9.84. The van der Waals surface area contributed by atoms with Gasteiger partial charge >= 0.3 is 0 Å². The first kappa shape index (κ1) is 23.0. The molecule has 1 aromatic carbocycles. The first-order valence-electron chi connectivity index (χ1n) is 8.35. The van der Waals surface area contributed by atoms with Crippen molar-refractivity contribution in [1.29, 1.82) is 0 Å². The summed E-state index contributed by atoms with van der Waals surface area (Å²) in [7, 11) is 1.77. The molecule has 0 saturated carbocycles. The van der Waals surface area contributed by atoms with Gasteiger partial charge in [-0.2, -0.15) is 0 Å². The van der Waals surface area contributed by atoms with Crippen molar-refractivity contribution in [1.82, 2.24) is 10.6 Å². The summed E-state index contributed by atoms with van der Waals surface area (Å²) in [4.78, 5) is 4.21. The largest absolute Gasteiger partial charge is 0.489 e. The van der Waals surface area contributed by atoms with E-state index in [-0.39, 0.29) is 30.1 Å². The Labute approximate surface area is 163 Å². The van der Waals surface area contributed by atoms with Crippen molar-refractivity contribution < 1.29 is 9.47 Å². The maximum atomic E-state index is 5.82. The van der Waals surface area contributed by atoms with Gasteiger partial charge in [0.1, 0.15) is 11.9 Å². The number of nitrogens with zero attached hydrogens (tertiary/aromatic N) is 1. The molecule has 0 radical (unpaired) electrons. The van der Waals surface area contributed by atoms with E-state index in [1.54, 1.807) is 7.05 Å². The van der Waals surface area contributed by atoms with Crippen LogP contribution >= 0.6 is 24.0 Å². The molecule has 0 saturated heterocycles. The van der Waals surface area contributed by atoms with E-state index in [0.717, 1.165) is 37.9 Å². The highest BCUT2D eigenvalue weighted by Crippen LogP contribution is 2.10. The van der Waals surface area contributed by atoms with Gasteiger partial charge in [-0.3, -0.25) is 4.99 Å². The van der Waals surface area contributed by atoms with Gasteiger partial charge in [0.2, 0.25) is 0 Å². The Bertz CT molecular complexity index is 441. The van der Waals surface area contributed by atoms with Crippen molar-refractivity contribution >= 4 is 29.9 Å². The Morgan fingerprint density at radius 1 is 1.12 bits per heavy atom. The minimum atomic E-state index is 0. The average Bonchev–Trinajstić information content (AvgIpc) is 2.54. The lowest BCUT2D eigenvalue weighted by Gasteiger charge is -2.17. The number of hydrogen-bond donors (Lipinski definition) is 2. The number of nitrogens with one attached hydrogen (secondary N) is 2. The van der Waals surface area contributed by atoms with E-state index in [9.17, 15) is 0 Å². The molecule has 1 unspecified atom stereocenters. The van der Waals surface area contributed by atoms with Crippen molar-refractivity contribution in [3.8, 4) is 5.75 Å². The van der Waals surface area contributed by atoms with E-state index >= 15 is 0 Å². The van der Waals surface area contributed by atoms with E-state index in [2.05, 4.69) is 29.5 Å². The average molecular weight is 449 g/mol. The molecular weight excluding hydrogens is 417 g/mol. The van der Waals surface area contributed by atoms with Gasteiger partial charge in [-0.15, -0.1) is 24.0 Å². The number of guanidine groups is 1. The predicted octanol–water partition coefficient (Wildman–Crippen LogP) is 3.30. The van der Waals surface area contributed by atoms with Crippen LogP contribution in [0.4, 0.5) is 0 Å². The van der Waals surface area contributed by atoms with Crippen molar-refractivity contribution in [2.24, 2.45) is 10.9 Å². The van der Waals surface area contributed by atoms with Crippen LogP contribution in [0.5, 0.6) is 5.75 Å². The number of halogens is 1. The maximum absolute atomic E-state index is 5.82. The summed E-state index contributed by atoms with van der Waals surface area (Å²) in [5, 5.41) is 6.55. The molecule has 0 aliphatic rings. The number of para-hydroxylation sites is 1. The SMILES string of the molecule is CN=C(NCCCOCC(C)C)NCC(C)Oc1ccccc1.I. The van der Waals surface area contributed by atoms with Crippen LogP contribution < -0.4 is 15.4 Å². The Hall–Kier alpha value is -1.02. The third-order valence-corrected chi connectivity index (χ3v) is 3.07. The first-order valence-corrected chi connectivity index (χ1v) is 8.35. The molecular formula is C18H32IN3O2. The predicted molar refractivity (Wildman–Crippen MR) is 112 cm³/mol. The summed E-state index contributed by atoms with van der Waals surface area (Å²) in [6.45, 7) is 9.47. The molecule has 138 valence electrons. The van der Waals surface area contributed by atoms with Crippen molar-refractivity contribution in [3.63, 3.8) is 0 Å². The standard InChI is InChI=1S/C18H31N3O2.HI/c1-15(2)14-22-12-8-11-20-18(19-4)21-13-16(3)23-17-9-6-5-7-10-17;/h5-7,9-10,15-16H,8,11-14H2,1-4H3,(H2,19,20,21);1H. The van der Waals surface area contributed by atoms with Gasteiger partial charge in [-0.25, -0.2) is 0 Å². The zero-order chi connectivity index (χ0) is 16.9. The Balaban J connectivity index is 0.00000529. The van der Waals surface area contributed by atoms with E-state index in [4.69, 9.17) is 9.47 Å². The van der Waals surface area contributed by atoms with E-state index < -0.39 is 0 Å². The zero-order valence-electron chi connectivity index (χ0n) is 15.2. The lowest BCUT2D eigenvalue weighted by molar-refractivity contribution is 0.108. The van der Waals surface area contributed by atoms with E-state index in [0.29, 0.717) is 12.5 Å². The maximum Gasteiger partial charge on any atom is 0.191 e. The highest BCUT2D eigenvalue weighted by molar-refractivity contribution is 14.0. The van der Waals surface area contributed by atoms with E-state index in [1.807, 2.05) is 37.3 Å². The van der Waals surface area contributed by atoms with Crippen molar-refractivity contribution in [3.05, 3.63) is 30.3 Å². The molecule has 0 heterocycles. The van der Waals surface area contributed by atoms with Gasteiger partial charge in [0, 0.05) is 26.8 Å². The third-order valence-electron chi connectivity index (χ3n) is 3.07. The molecule has 0 aliphatic carbocycles. The van der Waals surface area contributed by atoms with Gasteiger partial charge in [-0.05, 0) is 31.4 Å². The minimum absolute atomic E-state index is 0. The molecule has 2 N–H and O–H groups in total. The molecule has 0 amide bonds. The number of rotatable bonds is 10. The Morgan fingerprint density at radius 2 is 1.83 bits per heavy atom. The lowest BCUT2D eigenvalue weighted by atomic mass is 10.2. The highest BCUT2D eigenvalue weighted by atomic mass is 127. The van der Waals surface area contributed by atoms with Gasteiger partial charge in [0.25, 0.3) is 0 Å². The Kier molecular flexibility index (Phi) is 13.7. The topological polar surface area (TPSA) is 54.9 Å². The molecule has 0 aliphatic heterocycles. The quantitative estimate of drug-likeness (QED) is 0.249. The molecule has 0 spiro atoms. The molecule has 24 heavy (non-hydrogen) atoms. The van der Waals surface area contributed by atoms with Gasteiger partial charge in [0.15, 0.2) is 5.96 Å². The molecule has 0 aromatic heterocycles. The second kappa shape index (κ2) is 14.3. The fourth-order valence-corrected chi connectivity index (χ4v) is 1.93. The van der Waals surface area contributed by atoms with Crippen molar-refractivity contribution in [2.75, 3.05) is 33.4 Å². The molecule has 5 nitrogen and oxygen atoms in total. The van der Waals surface area contributed by atoms with Crippen LogP contribution in [0, 0.1) is 5.92 Å². The van der Waals surface area contributed by atoms with Crippen LogP contribution in [0.2, 0.25) is 0 Å². The van der Waals surface area contributed by atoms with Crippen LogP contribution in [0.1, 0.15) is 27.2 Å². The summed E-state index contributed by atoms with van der Waals surface area (Å²) >= 11 is 0. The molecule has 1 rings (SSSR count). The van der Waals surface area contributed by atoms with Gasteiger partial charge in [0.05, 0.1) is 6.54 Å². The molecule has 1 aromatic rings. The van der Waals surface area contributed by atoms with Crippen LogP contribution in [-0.4, -0.2) is 45.4 Å². The highest BCUT2D eigenvalue weighted by Gasteiger charge is 2.05. The van der Waals surface area contributed by atoms with Crippen LogP contribution in [0.15, 0.2) is 35.3 Å². The molecule has 6 heteroatoms. The smallest absolute Gasteiger partial charge is 0.191 e. The molecule has 0 bridgehead atoms. The lowest BCUT2D eigenvalue weighted by Crippen LogP contribution is -2.42. The summed E-state index contributed by atoms with van der Waals surface area (Å²) in [5.74, 6) is 2.26. The molecule has 1 atom stereocenters. The number of benzene rings is 1. The minimum Gasteiger partial charge on any atom is -0.489 e. The first-order chi connectivity index (χ1) is 11.1. The zero-order valence-corrected chi connectivity index (χ0v) is 17.6. The normalized spacial score (nSPS) is 12.5. The molecule has 0 fully saturated rings. The summed E-state index contributed by atoms with van der Waals surface area (Å²) < 4.78 is 11.4. The number of hydrogen-bond acceptors (Lipinski definition) is 3. The number of aliphatic imine (C=N–C) groups is 1. The van der Waals surface area contributed by atoms with Crippen LogP contribution in [0.25, 0.3) is 0 Å². The second-order valence-electron chi connectivity index (χ2n) is 5.94. The number of ether oxygens (including phenoxy) is 2. The van der Waals surface area contributed by atoms with E-state index in [1.165, 1.54) is 0 Å². The third kappa shape index (κ3) is 11.5. The van der Waals surface area contributed by atoms with Crippen LogP contribution in [-0.2, 0) is 4.74 Å². The van der Waals surface area contributed by atoms with Gasteiger partial charge < -0.3 is 20.1 Å². The summed E-state index contributed by atoms with van der Waals surface area (Å²) in [6.07, 6.45) is 1.02. The monoisotopic (exact) mass is 449 g/mol. The summed E-state index contributed by atoms with van der Waals surface area (Å²) in [5.41, 5.74) is 0. The fourth-order valence-electron chi connectivity index (χ4n) is 1.93. The van der Waals surface area contributed by atoms with Crippen molar-refractivity contribution in [2.45, 2.75) is 33.3 Å². The second-order valence-corrected chi connectivity index (χ2v) is 5.94. The Morgan fingerprint density at radius 3 is 2.46 bits per heavy atom. The van der Waals surface area contributed by atoms with Crippen LogP contribution in [0.3, 0.4) is 0 Å². The fraction of sp³-hybridized carbons (Fsp3) is 0.611.